The first-order chi connectivity index (χ1) is 16.9. The van der Waals surface area contributed by atoms with Crippen LogP contribution in [0.2, 0.25) is 0 Å². The highest BCUT2D eigenvalue weighted by molar-refractivity contribution is 5.94. The number of nitrogens with zero attached hydrogens (tertiary/aromatic N) is 1. The molecule has 0 fully saturated rings. The van der Waals surface area contributed by atoms with Crippen molar-refractivity contribution in [3.63, 3.8) is 0 Å². The van der Waals surface area contributed by atoms with E-state index in [-0.39, 0.29) is 19.3 Å². The third-order valence-corrected chi connectivity index (χ3v) is 6.03. The van der Waals surface area contributed by atoms with Crippen molar-refractivity contribution in [3.8, 4) is 0 Å². The zero-order valence-electron chi connectivity index (χ0n) is 21.0. The number of rotatable bonds is 15. The van der Waals surface area contributed by atoms with Crippen LogP contribution < -0.4 is 27.8 Å². The van der Waals surface area contributed by atoms with E-state index in [1.165, 1.54) is 20.9 Å². The van der Waals surface area contributed by atoms with Crippen molar-refractivity contribution >= 4 is 29.6 Å². The second kappa shape index (κ2) is 14.8. The Morgan fingerprint density at radius 1 is 1.00 bits per heavy atom. The molecule has 1 unspecified atom stereocenters. The van der Waals surface area contributed by atoms with Gasteiger partial charge in [0.1, 0.15) is 18.1 Å². The van der Waals surface area contributed by atoms with E-state index in [1.54, 1.807) is 30.3 Å². The summed E-state index contributed by atoms with van der Waals surface area (Å²) in [5.74, 6) is -4.06. The molecular formula is C24H38N6O6. The van der Waals surface area contributed by atoms with Crippen LogP contribution in [0.4, 0.5) is 0 Å². The van der Waals surface area contributed by atoms with Gasteiger partial charge in [0.15, 0.2) is 0 Å². The first-order valence-corrected chi connectivity index (χ1v) is 11.8. The van der Waals surface area contributed by atoms with E-state index in [0.717, 1.165) is 4.90 Å². The minimum atomic E-state index is -1.09. The number of nitrogens with one attached hydrogen (secondary N) is 2. The fraction of sp³-hybridized carbons (Fsp3) is 0.542. The molecule has 0 aliphatic carbocycles. The predicted octanol–water partition coefficient (Wildman–Crippen LogP) is -0.977. The Balaban J connectivity index is 2.84. The second-order valence-electron chi connectivity index (χ2n) is 8.73. The lowest BCUT2D eigenvalue weighted by Crippen LogP contribution is -2.56. The molecule has 0 bridgehead atoms. The number of carboxylic acids is 1. The number of amides is 4. The van der Waals surface area contributed by atoms with Gasteiger partial charge in [-0.15, -0.1) is 0 Å². The van der Waals surface area contributed by atoms with Crippen molar-refractivity contribution in [2.75, 3.05) is 13.6 Å². The van der Waals surface area contributed by atoms with Crippen molar-refractivity contribution in [1.82, 2.24) is 15.5 Å². The highest BCUT2D eigenvalue weighted by Gasteiger charge is 2.33. The Morgan fingerprint density at radius 2 is 1.61 bits per heavy atom. The van der Waals surface area contributed by atoms with Crippen LogP contribution >= 0.6 is 0 Å². The molecular weight excluding hydrogens is 468 g/mol. The minimum Gasteiger partial charge on any atom is -0.481 e. The summed E-state index contributed by atoms with van der Waals surface area (Å²) in [5.41, 5.74) is 17.7. The van der Waals surface area contributed by atoms with Gasteiger partial charge in [0.05, 0.1) is 6.04 Å². The molecule has 5 atom stereocenters. The van der Waals surface area contributed by atoms with Crippen LogP contribution in [0.15, 0.2) is 30.3 Å². The van der Waals surface area contributed by atoms with E-state index >= 15 is 0 Å². The fourth-order valence-electron chi connectivity index (χ4n) is 3.61. The topological polar surface area (TPSA) is 211 Å². The van der Waals surface area contributed by atoms with Gasteiger partial charge in [-0.05, 0) is 45.2 Å². The number of primary amides is 1. The molecule has 12 nitrogen and oxygen atoms in total. The number of nitrogens with two attached hydrogens (primary N) is 3. The average molecular weight is 507 g/mol. The molecule has 0 radical (unpaired) electrons. The van der Waals surface area contributed by atoms with E-state index in [2.05, 4.69) is 10.6 Å². The summed E-state index contributed by atoms with van der Waals surface area (Å²) in [4.78, 5) is 62.2. The normalized spacial score (nSPS) is 15.0. The average Bonchev–Trinajstić information content (AvgIpc) is 2.85. The zero-order chi connectivity index (χ0) is 27.4. The summed E-state index contributed by atoms with van der Waals surface area (Å²) in [7, 11) is 1.41. The van der Waals surface area contributed by atoms with Crippen molar-refractivity contribution in [2.24, 2.45) is 17.2 Å². The quantitative estimate of drug-likeness (QED) is 0.174. The lowest BCUT2D eigenvalue weighted by Gasteiger charge is -2.31. The Hall–Kier alpha value is -3.51. The summed E-state index contributed by atoms with van der Waals surface area (Å²) < 4.78 is 0. The molecule has 1 aromatic rings. The van der Waals surface area contributed by atoms with E-state index in [1.807, 2.05) is 0 Å². The molecule has 1 rings (SSSR count). The molecule has 0 saturated carbocycles. The smallest absolute Gasteiger partial charge is 0.303 e. The molecule has 200 valence electrons. The molecule has 0 saturated heterocycles. The molecule has 0 aliphatic rings. The van der Waals surface area contributed by atoms with Gasteiger partial charge in [-0.1, -0.05) is 30.3 Å². The largest absolute Gasteiger partial charge is 0.481 e. The van der Waals surface area contributed by atoms with E-state index in [0.29, 0.717) is 18.5 Å². The van der Waals surface area contributed by atoms with Gasteiger partial charge in [-0.2, -0.15) is 0 Å². The Bertz CT molecular complexity index is 912. The number of carbonyl (C=O) groups is 5. The van der Waals surface area contributed by atoms with Gasteiger partial charge in [-0.25, -0.2) is 0 Å². The van der Waals surface area contributed by atoms with Gasteiger partial charge in [-0.3, -0.25) is 24.0 Å². The van der Waals surface area contributed by atoms with Crippen molar-refractivity contribution in [3.05, 3.63) is 35.9 Å². The maximum Gasteiger partial charge on any atom is 0.303 e. The molecule has 4 amide bonds. The van der Waals surface area contributed by atoms with Crippen LogP contribution in [0.25, 0.3) is 0 Å². The standard InChI is InChI=1S/C24H38N6O6/c1-14(22(34)29-18(21(27)33)10-7-13-25)28-23(35)15(2)30(3)24(36)20(26)17(11-12-19(31)32)16-8-5-4-6-9-16/h4-6,8-9,14-15,17-18,20H,7,10-13,25-26H2,1-3H3,(H2,27,33)(H,28,35)(H,29,34)(H,31,32)/t14-,15-,17?,18-,20-/m0/s1. The molecule has 0 aliphatic heterocycles. The van der Waals surface area contributed by atoms with Gasteiger partial charge < -0.3 is 37.8 Å². The van der Waals surface area contributed by atoms with Crippen LogP contribution in [0.5, 0.6) is 0 Å². The van der Waals surface area contributed by atoms with Crippen LogP contribution in [0.1, 0.15) is 51.0 Å². The third-order valence-electron chi connectivity index (χ3n) is 6.03. The van der Waals surface area contributed by atoms with E-state index in [4.69, 9.17) is 22.3 Å². The Morgan fingerprint density at radius 3 is 2.14 bits per heavy atom. The number of hydrogen-bond acceptors (Lipinski definition) is 7. The first kappa shape index (κ1) is 30.5. The van der Waals surface area contributed by atoms with Gasteiger partial charge in [0, 0.05) is 19.4 Å². The minimum absolute atomic E-state index is 0.142. The maximum atomic E-state index is 13.1. The fourth-order valence-corrected chi connectivity index (χ4v) is 3.61. The molecule has 36 heavy (non-hydrogen) atoms. The summed E-state index contributed by atoms with van der Waals surface area (Å²) in [6, 6.07) is 4.86. The monoisotopic (exact) mass is 506 g/mol. The summed E-state index contributed by atoms with van der Waals surface area (Å²) >= 11 is 0. The predicted molar refractivity (Wildman–Crippen MR) is 133 cm³/mol. The zero-order valence-corrected chi connectivity index (χ0v) is 21.0. The van der Waals surface area contributed by atoms with Crippen LogP contribution in [0.3, 0.4) is 0 Å². The number of aliphatic carboxylic acids is 1. The third kappa shape index (κ3) is 9.27. The molecule has 0 spiro atoms. The molecule has 0 heterocycles. The lowest BCUT2D eigenvalue weighted by atomic mass is 9.87. The highest BCUT2D eigenvalue weighted by atomic mass is 16.4. The van der Waals surface area contributed by atoms with E-state index in [9.17, 15) is 24.0 Å². The molecule has 1 aromatic carbocycles. The van der Waals surface area contributed by atoms with Crippen molar-refractivity contribution in [1.29, 1.82) is 0 Å². The SMILES string of the molecule is C[C@H](NC(=O)[C@H](C)N(C)C(=O)[C@@H](N)C(CCC(=O)O)c1ccccc1)C(=O)N[C@@H](CCCN)C(N)=O. The number of hydrogen-bond donors (Lipinski definition) is 6. The van der Waals surface area contributed by atoms with Crippen LogP contribution in [0, 0.1) is 0 Å². The Labute approximate surface area is 210 Å². The van der Waals surface area contributed by atoms with Crippen molar-refractivity contribution in [2.45, 2.75) is 69.6 Å². The number of benzene rings is 1. The van der Waals surface area contributed by atoms with Crippen LogP contribution in [-0.4, -0.2) is 77.4 Å². The lowest BCUT2D eigenvalue weighted by molar-refractivity contribution is -0.141. The summed E-state index contributed by atoms with van der Waals surface area (Å²) in [6.45, 7) is 3.24. The number of carbonyl (C=O) groups excluding carboxylic acids is 4. The number of carboxylic acid groups (broad SMARTS) is 1. The number of likely N-dealkylation sites (N-methyl/N-ethyl adjacent to an activating group) is 1. The van der Waals surface area contributed by atoms with Crippen LogP contribution in [-0.2, 0) is 24.0 Å². The van der Waals surface area contributed by atoms with Crippen molar-refractivity contribution < 1.29 is 29.1 Å². The maximum absolute atomic E-state index is 13.1. The highest BCUT2D eigenvalue weighted by Crippen LogP contribution is 2.25. The summed E-state index contributed by atoms with van der Waals surface area (Å²) in [6.07, 6.45) is 0.719. The van der Waals surface area contributed by atoms with Gasteiger partial charge in [0.25, 0.3) is 0 Å². The van der Waals surface area contributed by atoms with E-state index < -0.39 is 59.7 Å². The summed E-state index contributed by atoms with van der Waals surface area (Å²) in [5, 5.41) is 14.1. The molecule has 9 N–H and O–H groups in total. The second-order valence-corrected chi connectivity index (χ2v) is 8.73. The molecule has 12 heteroatoms. The van der Waals surface area contributed by atoms with Gasteiger partial charge in [0.2, 0.25) is 23.6 Å². The first-order valence-electron chi connectivity index (χ1n) is 11.8. The van der Waals surface area contributed by atoms with Gasteiger partial charge >= 0.3 is 5.97 Å². The molecule has 0 aromatic heterocycles. The Kier molecular flexibility index (Phi) is 12.5.